The first-order valence-electron chi connectivity index (χ1n) is 6.94. The van der Waals surface area contributed by atoms with Crippen LogP contribution in [0.3, 0.4) is 0 Å². The molecule has 20 heavy (non-hydrogen) atoms. The molecule has 2 fully saturated rings. The molecule has 5 heteroatoms. The molecule has 0 bridgehead atoms. The van der Waals surface area contributed by atoms with Crippen LogP contribution < -0.4 is 4.74 Å². The van der Waals surface area contributed by atoms with Crippen molar-refractivity contribution in [3.05, 3.63) is 28.7 Å². The van der Waals surface area contributed by atoms with E-state index in [1.165, 1.54) is 12.8 Å². The highest BCUT2D eigenvalue weighted by molar-refractivity contribution is 14.1. The lowest BCUT2D eigenvalue weighted by molar-refractivity contribution is -0.208. The van der Waals surface area contributed by atoms with Crippen LogP contribution in [0.1, 0.15) is 12.8 Å². The highest BCUT2D eigenvalue weighted by Gasteiger charge is 2.53. The van der Waals surface area contributed by atoms with Gasteiger partial charge in [-0.1, -0.05) is 38.5 Å². The quantitative estimate of drug-likeness (QED) is 0.502. The second kappa shape index (κ2) is 6.50. The van der Waals surface area contributed by atoms with Gasteiger partial charge in [0.2, 0.25) is 0 Å². The van der Waals surface area contributed by atoms with Crippen LogP contribution in [0.4, 0.5) is 0 Å². The number of hydrogen-bond acceptors (Lipinski definition) is 3. The van der Waals surface area contributed by atoms with E-state index in [0.29, 0.717) is 25.7 Å². The highest BCUT2D eigenvalue weighted by atomic mass is 127. The normalized spacial score (nSPS) is 30.2. The van der Waals surface area contributed by atoms with Gasteiger partial charge in [0.1, 0.15) is 24.1 Å². The molecule has 3 rings (SSSR count). The molecule has 1 aromatic carbocycles. The van der Waals surface area contributed by atoms with Gasteiger partial charge in [0.05, 0.1) is 13.2 Å². The minimum absolute atomic E-state index is 0.0318. The van der Waals surface area contributed by atoms with Crippen LogP contribution in [0.5, 0.6) is 5.75 Å². The highest BCUT2D eigenvalue weighted by Crippen LogP contribution is 2.47. The zero-order valence-electron chi connectivity index (χ0n) is 11.2. The van der Waals surface area contributed by atoms with Crippen molar-refractivity contribution < 1.29 is 14.2 Å². The molecular formula is C15H18BrIO3. The maximum Gasteiger partial charge on any atom is 0.121 e. The van der Waals surface area contributed by atoms with Crippen molar-refractivity contribution in [1.82, 2.24) is 0 Å². The Morgan fingerprint density at radius 2 is 2.00 bits per heavy atom. The van der Waals surface area contributed by atoms with Gasteiger partial charge < -0.3 is 14.2 Å². The first-order valence-corrected chi connectivity index (χ1v) is 9.26. The van der Waals surface area contributed by atoms with Crippen molar-refractivity contribution >= 4 is 38.5 Å². The standard InChI is InChI=1S/C15H18BrIO3/c16-12-3-5-13(6-4-12)19-9-14-15(10-17,11-1-2-11)20-8-7-18-14/h3-6,11,14H,1-2,7-10H2/t14-,15-/m0/s1. The van der Waals surface area contributed by atoms with Crippen molar-refractivity contribution in [3.8, 4) is 5.75 Å². The minimum Gasteiger partial charge on any atom is -0.491 e. The molecule has 0 unspecified atom stereocenters. The molecule has 1 aliphatic carbocycles. The Morgan fingerprint density at radius 3 is 2.65 bits per heavy atom. The Bertz CT molecular complexity index is 449. The van der Waals surface area contributed by atoms with Crippen molar-refractivity contribution in [2.45, 2.75) is 24.5 Å². The van der Waals surface area contributed by atoms with Gasteiger partial charge in [-0.05, 0) is 43.0 Å². The molecule has 0 amide bonds. The van der Waals surface area contributed by atoms with Gasteiger partial charge in [-0.25, -0.2) is 0 Å². The summed E-state index contributed by atoms with van der Waals surface area (Å²) in [7, 11) is 0. The molecule has 110 valence electrons. The number of alkyl halides is 1. The Kier molecular flexibility index (Phi) is 4.90. The van der Waals surface area contributed by atoms with Crippen LogP contribution in [0.25, 0.3) is 0 Å². The fourth-order valence-electron chi connectivity index (χ4n) is 2.73. The maximum absolute atomic E-state index is 6.14. The summed E-state index contributed by atoms with van der Waals surface area (Å²) in [6, 6.07) is 7.91. The van der Waals surface area contributed by atoms with Gasteiger partial charge >= 0.3 is 0 Å². The first kappa shape index (κ1) is 15.1. The second-order valence-corrected chi connectivity index (χ2v) is 7.01. The number of ether oxygens (including phenoxy) is 3. The molecule has 0 radical (unpaired) electrons. The summed E-state index contributed by atoms with van der Waals surface area (Å²) >= 11 is 5.85. The molecule has 0 spiro atoms. The third-order valence-corrected chi connectivity index (χ3v) is 5.73. The lowest BCUT2D eigenvalue weighted by atomic mass is 9.92. The molecule has 0 aromatic heterocycles. The summed E-state index contributed by atoms with van der Waals surface area (Å²) in [5.74, 6) is 1.51. The van der Waals surface area contributed by atoms with Gasteiger partial charge in [-0.15, -0.1) is 0 Å². The van der Waals surface area contributed by atoms with Gasteiger partial charge in [-0.2, -0.15) is 0 Å². The minimum atomic E-state index is -0.145. The summed E-state index contributed by atoms with van der Waals surface area (Å²) in [6.07, 6.45) is 2.53. The van der Waals surface area contributed by atoms with Crippen LogP contribution in [0, 0.1) is 5.92 Å². The molecule has 1 saturated carbocycles. The predicted molar refractivity (Wildman–Crippen MR) is 89.7 cm³/mol. The zero-order valence-corrected chi connectivity index (χ0v) is 14.9. The van der Waals surface area contributed by atoms with Crippen LogP contribution in [0.15, 0.2) is 28.7 Å². The third kappa shape index (κ3) is 3.15. The van der Waals surface area contributed by atoms with E-state index >= 15 is 0 Å². The molecule has 1 aromatic rings. The van der Waals surface area contributed by atoms with E-state index in [9.17, 15) is 0 Å². The molecule has 3 nitrogen and oxygen atoms in total. The molecule has 0 N–H and O–H groups in total. The van der Waals surface area contributed by atoms with Gasteiger partial charge in [0.15, 0.2) is 0 Å². The molecule has 1 saturated heterocycles. The van der Waals surface area contributed by atoms with Gasteiger partial charge in [0.25, 0.3) is 0 Å². The fraction of sp³-hybridized carbons (Fsp3) is 0.600. The third-order valence-electron chi connectivity index (χ3n) is 4.01. The summed E-state index contributed by atoms with van der Waals surface area (Å²) < 4.78 is 20.0. The molecule has 2 aliphatic rings. The Morgan fingerprint density at radius 1 is 1.25 bits per heavy atom. The van der Waals surface area contributed by atoms with Crippen LogP contribution in [0.2, 0.25) is 0 Å². The Balaban J connectivity index is 1.66. The zero-order chi connectivity index (χ0) is 14.0. The van der Waals surface area contributed by atoms with E-state index in [1.54, 1.807) is 0 Å². The number of benzene rings is 1. The molecule has 1 heterocycles. The summed E-state index contributed by atoms with van der Waals surface area (Å²) in [6.45, 7) is 1.93. The van der Waals surface area contributed by atoms with E-state index in [4.69, 9.17) is 14.2 Å². The number of rotatable bonds is 5. The molecule has 2 atom stereocenters. The number of halogens is 2. The number of hydrogen-bond donors (Lipinski definition) is 0. The summed E-state index contributed by atoms with van der Waals surface area (Å²) in [5, 5.41) is 0. The van der Waals surface area contributed by atoms with Crippen molar-refractivity contribution in [3.63, 3.8) is 0 Å². The molecular weight excluding hydrogens is 435 g/mol. The van der Waals surface area contributed by atoms with Crippen LogP contribution >= 0.6 is 38.5 Å². The monoisotopic (exact) mass is 452 g/mol. The van der Waals surface area contributed by atoms with Crippen LogP contribution in [-0.4, -0.2) is 36.0 Å². The van der Waals surface area contributed by atoms with E-state index in [0.717, 1.165) is 14.6 Å². The Hall–Kier alpha value is 0.150. The fourth-order valence-corrected chi connectivity index (χ4v) is 4.33. The average molecular weight is 453 g/mol. The molecule has 1 aliphatic heterocycles. The smallest absolute Gasteiger partial charge is 0.121 e. The average Bonchev–Trinajstić information content (AvgIpc) is 3.32. The van der Waals surface area contributed by atoms with E-state index in [2.05, 4.69) is 38.5 Å². The summed E-state index contributed by atoms with van der Waals surface area (Å²) in [4.78, 5) is 0. The van der Waals surface area contributed by atoms with E-state index < -0.39 is 0 Å². The van der Waals surface area contributed by atoms with Gasteiger partial charge in [-0.3, -0.25) is 0 Å². The van der Waals surface area contributed by atoms with Crippen LogP contribution in [-0.2, 0) is 9.47 Å². The largest absolute Gasteiger partial charge is 0.491 e. The van der Waals surface area contributed by atoms with Crippen molar-refractivity contribution in [2.24, 2.45) is 5.92 Å². The van der Waals surface area contributed by atoms with Crippen molar-refractivity contribution in [2.75, 3.05) is 24.2 Å². The van der Waals surface area contributed by atoms with Gasteiger partial charge in [0, 0.05) is 8.90 Å². The first-order chi connectivity index (χ1) is 9.74. The lowest BCUT2D eigenvalue weighted by Gasteiger charge is -2.42. The van der Waals surface area contributed by atoms with Crippen molar-refractivity contribution in [1.29, 1.82) is 0 Å². The van der Waals surface area contributed by atoms with E-state index in [-0.39, 0.29) is 11.7 Å². The van der Waals surface area contributed by atoms with E-state index in [1.807, 2.05) is 24.3 Å². The topological polar surface area (TPSA) is 27.7 Å². The predicted octanol–water partition coefficient (Wildman–Crippen LogP) is 3.83. The second-order valence-electron chi connectivity index (χ2n) is 5.34. The lowest BCUT2D eigenvalue weighted by Crippen LogP contribution is -2.56. The maximum atomic E-state index is 6.14. The summed E-state index contributed by atoms with van der Waals surface area (Å²) in [5.41, 5.74) is -0.145. The Labute approximate surface area is 141 Å². The SMILES string of the molecule is Brc1ccc(OC[C@@H]2OCCO[C@@]2(CI)C2CC2)cc1.